The first-order valence-corrected chi connectivity index (χ1v) is 11.8. The molecule has 2 aromatic rings. The number of hydrogen-bond donors (Lipinski definition) is 0. The number of benzene rings is 2. The van der Waals surface area contributed by atoms with Crippen LogP contribution in [0.3, 0.4) is 0 Å². The highest BCUT2D eigenvalue weighted by Gasteiger charge is 2.34. The quantitative estimate of drug-likeness (QED) is 0.571. The number of halogens is 1. The molecule has 0 amide bonds. The molecule has 7 nitrogen and oxygen atoms in total. The monoisotopic (exact) mass is 467 g/mol. The number of carbonyl (C=O) groups is 1. The number of esters is 1. The molecule has 0 aliphatic carbocycles. The first-order chi connectivity index (χ1) is 14.8. The molecule has 0 radical (unpaired) electrons. The second kappa shape index (κ2) is 9.89. The summed E-state index contributed by atoms with van der Waals surface area (Å²) in [7, 11) is -0.770. The topological polar surface area (TPSA) is 82.1 Å². The highest BCUT2D eigenvalue weighted by molar-refractivity contribution is 7.89. The fourth-order valence-electron chi connectivity index (χ4n) is 3.60. The lowest BCUT2D eigenvalue weighted by atomic mass is 9.98. The van der Waals surface area contributed by atoms with Crippen molar-refractivity contribution >= 4 is 27.6 Å². The Bertz CT molecular complexity index is 1030. The predicted molar refractivity (Wildman–Crippen MR) is 117 cm³/mol. The van der Waals surface area contributed by atoms with Gasteiger partial charge in [0.15, 0.2) is 11.5 Å². The van der Waals surface area contributed by atoms with Crippen LogP contribution in [0.5, 0.6) is 11.5 Å². The van der Waals surface area contributed by atoms with Crippen LogP contribution >= 0.6 is 11.6 Å². The molecule has 3 rings (SSSR count). The van der Waals surface area contributed by atoms with Crippen LogP contribution in [-0.4, -0.2) is 46.0 Å². The molecule has 1 aliphatic rings. The fraction of sp³-hybridized carbons (Fsp3) is 0.409. The number of hydrogen-bond acceptors (Lipinski definition) is 6. The third-order valence-corrected chi connectivity index (χ3v) is 7.66. The molecule has 0 spiro atoms. The Hall–Kier alpha value is -2.29. The van der Waals surface area contributed by atoms with Crippen molar-refractivity contribution in [2.24, 2.45) is 5.92 Å². The van der Waals surface area contributed by atoms with Crippen LogP contribution in [0.15, 0.2) is 47.4 Å². The molecule has 0 unspecified atom stereocenters. The summed E-state index contributed by atoms with van der Waals surface area (Å²) in [5.74, 6) is 0.100. The summed E-state index contributed by atoms with van der Waals surface area (Å²) in [5, 5.41) is 0.540. The van der Waals surface area contributed by atoms with Crippen LogP contribution in [0.4, 0.5) is 0 Å². The molecule has 1 atom stereocenters. The minimum absolute atomic E-state index is 0.124. The maximum Gasteiger partial charge on any atom is 0.309 e. The first-order valence-electron chi connectivity index (χ1n) is 9.95. The summed E-state index contributed by atoms with van der Waals surface area (Å²) in [6.45, 7) is 2.24. The summed E-state index contributed by atoms with van der Waals surface area (Å²) < 4.78 is 43.4. The van der Waals surface area contributed by atoms with E-state index >= 15 is 0 Å². The number of ether oxygens (including phenoxy) is 3. The molecule has 1 saturated heterocycles. The molecule has 31 heavy (non-hydrogen) atoms. The molecule has 2 aromatic carbocycles. The minimum Gasteiger partial charge on any atom is -0.493 e. The lowest BCUT2D eigenvalue weighted by Crippen LogP contribution is -2.40. The van der Waals surface area contributed by atoms with Gasteiger partial charge < -0.3 is 14.2 Å². The summed E-state index contributed by atoms with van der Waals surface area (Å²) in [6.07, 6.45) is 0.302. The van der Waals surface area contributed by atoms with E-state index in [0.29, 0.717) is 29.4 Å². The molecule has 1 fully saturated rings. The number of sulfonamides is 1. The molecule has 168 valence electrons. The zero-order chi connectivity index (χ0) is 22.6. The minimum atomic E-state index is -3.71. The number of rotatable bonds is 7. The van der Waals surface area contributed by atoms with Crippen molar-refractivity contribution in [1.29, 1.82) is 0 Å². The van der Waals surface area contributed by atoms with Gasteiger partial charge in [0.05, 0.1) is 25.0 Å². The Kier molecular flexibility index (Phi) is 7.46. The molecule has 0 N–H and O–H groups in total. The summed E-state index contributed by atoms with van der Waals surface area (Å²) in [5.41, 5.74) is 0.742. The van der Waals surface area contributed by atoms with Gasteiger partial charge in [0.2, 0.25) is 10.0 Å². The number of piperidine rings is 1. The molecule has 1 aliphatic heterocycles. The van der Waals surface area contributed by atoms with Crippen molar-refractivity contribution in [2.75, 3.05) is 27.3 Å². The molecular formula is C22H26ClNO6S. The Morgan fingerprint density at radius 2 is 1.71 bits per heavy atom. The van der Waals surface area contributed by atoms with Gasteiger partial charge in [-0.05, 0) is 38.0 Å². The molecular weight excluding hydrogens is 442 g/mol. The van der Waals surface area contributed by atoms with Gasteiger partial charge in [0, 0.05) is 29.7 Å². The molecule has 0 bridgehead atoms. The van der Waals surface area contributed by atoms with Crippen molar-refractivity contribution in [3.05, 3.63) is 53.1 Å². The van der Waals surface area contributed by atoms with Crippen LogP contribution in [0, 0.1) is 5.92 Å². The van der Waals surface area contributed by atoms with Crippen molar-refractivity contribution in [3.63, 3.8) is 0 Å². The van der Waals surface area contributed by atoms with Gasteiger partial charge in [-0.25, -0.2) is 8.42 Å². The van der Waals surface area contributed by atoms with E-state index in [1.54, 1.807) is 19.1 Å². The van der Waals surface area contributed by atoms with Crippen LogP contribution in [0.2, 0.25) is 5.02 Å². The Balaban J connectivity index is 1.63. The van der Waals surface area contributed by atoms with E-state index in [9.17, 15) is 13.2 Å². The third-order valence-electron chi connectivity index (χ3n) is 5.42. The van der Waals surface area contributed by atoms with E-state index in [-0.39, 0.29) is 29.9 Å². The fourth-order valence-corrected chi connectivity index (χ4v) is 5.37. The summed E-state index contributed by atoms with van der Waals surface area (Å²) >= 11 is 6.18. The largest absolute Gasteiger partial charge is 0.493 e. The van der Waals surface area contributed by atoms with E-state index in [1.807, 2.05) is 18.2 Å². The Morgan fingerprint density at radius 1 is 1.06 bits per heavy atom. The predicted octanol–water partition coefficient (Wildman–Crippen LogP) is 4.06. The van der Waals surface area contributed by atoms with Crippen LogP contribution in [0.25, 0.3) is 0 Å². The van der Waals surface area contributed by atoms with Gasteiger partial charge in [-0.1, -0.05) is 29.8 Å². The van der Waals surface area contributed by atoms with E-state index in [0.717, 1.165) is 5.56 Å². The number of nitrogens with zero attached hydrogens (tertiary/aromatic N) is 1. The highest BCUT2D eigenvalue weighted by Crippen LogP contribution is 2.33. The lowest BCUT2D eigenvalue weighted by molar-refractivity contribution is -0.154. The van der Waals surface area contributed by atoms with Gasteiger partial charge in [-0.15, -0.1) is 0 Å². The number of carbonyl (C=O) groups excluding carboxylic acids is 1. The maximum absolute atomic E-state index is 13.0. The lowest BCUT2D eigenvalue weighted by Gasteiger charge is -2.31. The molecule has 0 aromatic heterocycles. The average molecular weight is 468 g/mol. The molecule has 9 heteroatoms. The van der Waals surface area contributed by atoms with Crippen LogP contribution in [0.1, 0.15) is 31.4 Å². The maximum atomic E-state index is 13.0. The molecule has 1 heterocycles. The van der Waals surface area contributed by atoms with Gasteiger partial charge in [0.25, 0.3) is 0 Å². The van der Waals surface area contributed by atoms with Crippen molar-refractivity contribution in [2.45, 2.75) is 30.8 Å². The van der Waals surface area contributed by atoms with Gasteiger partial charge in [0.1, 0.15) is 6.10 Å². The van der Waals surface area contributed by atoms with Gasteiger partial charge in [-0.2, -0.15) is 4.31 Å². The van der Waals surface area contributed by atoms with E-state index in [4.69, 9.17) is 25.8 Å². The number of methoxy groups -OCH3 is 2. The van der Waals surface area contributed by atoms with E-state index in [1.165, 1.54) is 30.7 Å². The van der Waals surface area contributed by atoms with Crippen LogP contribution < -0.4 is 9.47 Å². The van der Waals surface area contributed by atoms with Gasteiger partial charge >= 0.3 is 5.97 Å². The molecule has 0 saturated carbocycles. The van der Waals surface area contributed by atoms with Gasteiger partial charge in [-0.3, -0.25) is 4.79 Å². The smallest absolute Gasteiger partial charge is 0.309 e. The first kappa shape index (κ1) is 23.4. The second-order valence-corrected chi connectivity index (χ2v) is 9.64. The van der Waals surface area contributed by atoms with Crippen LogP contribution in [-0.2, 0) is 19.6 Å². The average Bonchev–Trinajstić information content (AvgIpc) is 2.78. The SMILES string of the molecule is COc1ccc(S(=O)(=O)N2CCC(C(=O)O[C@@H](C)c3ccccc3Cl)CC2)cc1OC. The summed E-state index contributed by atoms with van der Waals surface area (Å²) in [4.78, 5) is 12.7. The Morgan fingerprint density at radius 3 is 2.32 bits per heavy atom. The van der Waals surface area contributed by atoms with Crippen molar-refractivity contribution < 1.29 is 27.4 Å². The highest BCUT2D eigenvalue weighted by atomic mass is 35.5. The zero-order valence-electron chi connectivity index (χ0n) is 17.7. The standard InChI is InChI=1S/C22H26ClNO6S/c1-15(18-6-4-5-7-19(18)23)30-22(25)16-10-12-24(13-11-16)31(26,27)17-8-9-20(28-2)21(14-17)29-3/h4-9,14-16H,10-13H2,1-3H3/t15-/m0/s1. The van der Waals surface area contributed by atoms with E-state index in [2.05, 4.69) is 0 Å². The second-order valence-electron chi connectivity index (χ2n) is 7.30. The van der Waals surface area contributed by atoms with E-state index < -0.39 is 16.1 Å². The normalized spacial score (nSPS) is 16.5. The summed E-state index contributed by atoms with van der Waals surface area (Å²) in [6, 6.07) is 11.7. The Labute approximate surface area is 187 Å². The van der Waals surface area contributed by atoms with Crippen molar-refractivity contribution in [1.82, 2.24) is 4.31 Å². The third kappa shape index (κ3) is 5.14. The zero-order valence-corrected chi connectivity index (χ0v) is 19.3. The van der Waals surface area contributed by atoms with Crippen molar-refractivity contribution in [3.8, 4) is 11.5 Å².